The molecular weight excluding hydrogens is 262 g/mol. The van der Waals surface area contributed by atoms with Crippen LogP contribution in [0.25, 0.3) is 0 Å². The molecule has 0 unspecified atom stereocenters. The first-order chi connectivity index (χ1) is 10.1. The molecule has 2 rings (SSSR count). The van der Waals surface area contributed by atoms with Crippen LogP contribution in [-0.2, 0) is 0 Å². The fourth-order valence-corrected chi connectivity index (χ4v) is 2.11. The molecule has 0 heterocycles. The molecule has 0 atom stereocenters. The molecule has 0 fully saturated rings. The number of aryl methyl sites for hydroxylation is 1. The molecule has 0 spiro atoms. The SMILES string of the molecule is Cc1ccc(N)c(C(=O)NCCN(C)c2ccccc2)c1. The van der Waals surface area contributed by atoms with Gasteiger partial charge in [0.2, 0.25) is 0 Å². The highest BCUT2D eigenvalue weighted by molar-refractivity contribution is 5.99. The van der Waals surface area contributed by atoms with E-state index in [0.29, 0.717) is 17.8 Å². The Bertz CT molecular complexity index is 611. The van der Waals surface area contributed by atoms with Crippen molar-refractivity contribution in [3.05, 3.63) is 59.7 Å². The van der Waals surface area contributed by atoms with Crippen molar-refractivity contribution < 1.29 is 4.79 Å². The highest BCUT2D eigenvalue weighted by Crippen LogP contribution is 2.13. The number of likely N-dealkylation sites (N-methyl/N-ethyl adjacent to an activating group) is 1. The maximum Gasteiger partial charge on any atom is 0.253 e. The van der Waals surface area contributed by atoms with Gasteiger partial charge in [-0.15, -0.1) is 0 Å². The van der Waals surface area contributed by atoms with Crippen molar-refractivity contribution in [2.45, 2.75) is 6.92 Å². The van der Waals surface area contributed by atoms with Crippen LogP contribution in [0, 0.1) is 6.92 Å². The normalized spacial score (nSPS) is 10.2. The summed E-state index contributed by atoms with van der Waals surface area (Å²) in [6.45, 7) is 3.25. The first-order valence-electron chi connectivity index (χ1n) is 6.98. The summed E-state index contributed by atoms with van der Waals surface area (Å²) in [5.74, 6) is -0.127. The van der Waals surface area contributed by atoms with E-state index in [9.17, 15) is 4.79 Å². The number of carbonyl (C=O) groups is 1. The van der Waals surface area contributed by atoms with Crippen LogP contribution in [0.4, 0.5) is 11.4 Å². The fraction of sp³-hybridized carbons (Fsp3) is 0.235. The number of hydrogen-bond donors (Lipinski definition) is 2. The van der Waals surface area contributed by atoms with Gasteiger partial charge in [-0.3, -0.25) is 4.79 Å². The number of nitrogen functional groups attached to an aromatic ring is 1. The fourth-order valence-electron chi connectivity index (χ4n) is 2.11. The second-order valence-corrected chi connectivity index (χ2v) is 5.10. The van der Waals surface area contributed by atoms with E-state index in [0.717, 1.165) is 17.8 Å². The van der Waals surface area contributed by atoms with Crippen molar-refractivity contribution in [2.75, 3.05) is 30.8 Å². The Balaban J connectivity index is 1.88. The third kappa shape index (κ3) is 3.99. The number of amides is 1. The van der Waals surface area contributed by atoms with E-state index in [1.807, 2.05) is 56.4 Å². The third-order valence-corrected chi connectivity index (χ3v) is 3.38. The lowest BCUT2D eigenvalue weighted by molar-refractivity contribution is 0.0955. The minimum Gasteiger partial charge on any atom is -0.398 e. The van der Waals surface area contributed by atoms with Gasteiger partial charge in [-0.1, -0.05) is 29.8 Å². The molecule has 0 aliphatic heterocycles. The zero-order chi connectivity index (χ0) is 15.2. The third-order valence-electron chi connectivity index (χ3n) is 3.38. The number of nitrogens with zero attached hydrogens (tertiary/aromatic N) is 1. The summed E-state index contributed by atoms with van der Waals surface area (Å²) in [6, 6.07) is 15.5. The Morgan fingerprint density at radius 2 is 1.90 bits per heavy atom. The largest absolute Gasteiger partial charge is 0.398 e. The van der Waals surface area contributed by atoms with Crippen molar-refractivity contribution in [1.29, 1.82) is 0 Å². The van der Waals surface area contributed by atoms with Crippen LogP contribution >= 0.6 is 0 Å². The number of anilines is 2. The summed E-state index contributed by atoms with van der Waals surface area (Å²) < 4.78 is 0. The van der Waals surface area contributed by atoms with Crippen LogP contribution in [0.2, 0.25) is 0 Å². The number of carbonyl (C=O) groups excluding carboxylic acids is 1. The second kappa shape index (κ2) is 6.79. The van der Waals surface area contributed by atoms with Crippen molar-refractivity contribution in [1.82, 2.24) is 5.32 Å². The predicted molar refractivity (Wildman–Crippen MR) is 87.6 cm³/mol. The predicted octanol–water partition coefficient (Wildman–Crippen LogP) is 2.44. The smallest absolute Gasteiger partial charge is 0.253 e. The first-order valence-corrected chi connectivity index (χ1v) is 6.98. The van der Waals surface area contributed by atoms with E-state index in [1.165, 1.54) is 0 Å². The Morgan fingerprint density at radius 1 is 1.19 bits per heavy atom. The zero-order valence-electron chi connectivity index (χ0n) is 12.5. The van der Waals surface area contributed by atoms with Crippen LogP contribution in [0.5, 0.6) is 0 Å². The molecule has 2 aromatic carbocycles. The van der Waals surface area contributed by atoms with E-state index in [4.69, 9.17) is 5.73 Å². The van der Waals surface area contributed by atoms with Gasteiger partial charge in [0.15, 0.2) is 0 Å². The van der Waals surface area contributed by atoms with Gasteiger partial charge in [0.1, 0.15) is 0 Å². The lowest BCUT2D eigenvalue weighted by Gasteiger charge is -2.19. The van der Waals surface area contributed by atoms with E-state index in [1.54, 1.807) is 6.07 Å². The number of benzene rings is 2. The van der Waals surface area contributed by atoms with Gasteiger partial charge in [-0.05, 0) is 31.2 Å². The summed E-state index contributed by atoms with van der Waals surface area (Å²) in [5, 5.41) is 2.91. The summed E-state index contributed by atoms with van der Waals surface area (Å²) in [5.41, 5.74) is 9.04. The average Bonchev–Trinajstić information content (AvgIpc) is 2.50. The van der Waals surface area contributed by atoms with Crippen LogP contribution in [0.3, 0.4) is 0 Å². The Kier molecular flexibility index (Phi) is 4.82. The molecular formula is C17H21N3O. The van der Waals surface area contributed by atoms with E-state index >= 15 is 0 Å². The standard InChI is InChI=1S/C17H21N3O/c1-13-8-9-16(18)15(12-13)17(21)19-10-11-20(2)14-6-4-3-5-7-14/h3-9,12H,10-11,18H2,1-2H3,(H,19,21). The summed E-state index contributed by atoms with van der Waals surface area (Å²) in [6.07, 6.45) is 0. The zero-order valence-corrected chi connectivity index (χ0v) is 12.5. The lowest BCUT2D eigenvalue weighted by atomic mass is 10.1. The van der Waals surface area contributed by atoms with Crippen molar-refractivity contribution >= 4 is 17.3 Å². The summed E-state index contributed by atoms with van der Waals surface area (Å²) in [4.78, 5) is 14.2. The number of nitrogens with one attached hydrogen (secondary N) is 1. The number of para-hydroxylation sites is 1. The molecule has 0 aromatic heterocycles. The van der Waals surface area contributed by atoms with Crippen LogP contribution in [0.15, 0.2) is 48.5 Å². The van der Waals surface area contributed by atoms with Gasteiger partial charge in [0, 0.05) is 31.5 Å². The second-order valence-electron chi connectivity index (χ2n) is 5.10. The van der Waals surface area contributed by atoms with Gasteiger partial charge in [0.25, 0.3) is 5.91 Å². The highest BCUT2D eigenvalue weighted by Gasteiger charge is 2.09. The monoisotopic (exact) mass is 283 g/mol. The number of hydrogen-bond acceptors (Lipinski definition) is 3. The number of nitrogens with two attached hydrogens (primary N) is 1. The maximum atomic E-state index is 12.1. The maximum absolute atomic E-state index is 12.1. The molecule has 3 N–H and O–H groups in total. The molecule has 1 amide bonds. The molecule has 0 radical (unpaired) electrons. The van der Waals surface area contributed by atoms with Crippen LogP contribution in [-0.4, -0.2) is 26.0 Å². The lowest BCUT2D eigenvalue weighted by Crippen LogP contribution is -2.33. The Labute approximate surface area is 125 Å². The molecule has 21 heavy (non-hydrogen) atoms. The molecule has 0 saturated heterocycles. The Morgan fingerprint density at radius 3 is 2.62 bits per heavy atom. The van der Waals surface area contributed by atoms with Gasteiger partial charge in [0.05, 0.1) is 5.56 Å². The minimum atomic E-state index is -0.127. The van der Waals surface area contributed by atoms with Gasteiger partial charge in [-0.2, -0.15) is 0 Å². The van der Waals surface area contributed by atoms with Crippen LogP contribution in [0.1, 0.15) is 15.9 Å². The van der Waals surface area contributed by atoms with Crippen molar-refractivity contribution in [2.24, 2.45) is 0 Å². The van der Waals surface area contributed by atoms with Gasteiger partial charge >= 0.3 is 0 Å². The molecule has 4 nitrogen and oxygen atoms in total. The van der Waals surface area contributed by atoms with Crippen molar-refractivity contribution in [3.63, 3.8) is 0 Å². The summed E-state index contributed by atoms with van der Waals surface area (Å²) in [7, 11) is 2.00. The quantitative estimate of drug-likeness (QED) is 0.829. The molecule has 110 valence electrons. The molecule has 2 aromatic rings. The number of rotatable bonds is 5. The summed E-state index contributed by atoms with van der Waals surface area (Å²) >= 11 is 0. The first kappa shape index (κ1) is 14.9. The molecule has 0 bridgehead atoms. The topological polar surface area (TPSA) is 58.4 Å². The van der Waals surface area contributed by atoms with Crippen molar-refractivity contribution in [3.8, 4) is 0 Å². The van der Waals surface area contributed by atoms with E-state index < -0.39 is 0 Å². The van der Waals surface area contributed by atoms with Crippen LogP contribution < -0.4 is 16.0 Å². The van der Waals surface area contributed by atoms with E-state index in [2.05, 4.69) is 10.2 Å². The minimum absolute atomic E-state index is 0.127. The molecule has 0 aliphatic rings. The van der Waals surface area contributed by atoms with E-state index in [-0.39, 0.29) is 5.91 Å². The molecule has 0 saturated carbocycles. The average molecular weight is 283 g/mol. The molecule has 0 aliphatic carbocycles. The van der Waals surface area contributed by atoms with Gasteiger partial charge in [-0.25, -0.2) is 0 Å². The Hall–Kier alpha value is -2.49. The highest BCUT2D eigenvalue weighted by atomic mass is 16.1. The molecule has 4 heteroatoms. The van der Waals surface area contributed by atoms with Gasteiger partial charge < -0.3 is 16.0 Å².